The molecular weight excluding hydrogens is 306 g/mol. The third-order valence-electron chi connectivity index (χ3n) is 4.09. The Bertz CT molecular complexity index is 930. The fourth-order valence-corrected chi connectivity index (χ4v) is 2.88. The van der Waals surface area contributed by atoms with Gasteiger partial charge in [0.25, 0.3) is 0 Å². The lowest BCUT2D eigenvalue weighted by Gasteiger charge is -2.03. The number of carbonyl (C=O) groups excluding carboxylic acids is 1. The van der Waals surface area contributed by atoms with Crippen molar-refractivity contribution in [3.8, 4) is 0 Å². The number of benzene rings is 2. The van der Waals surface area contributed by atoms with Crippen LogP contribution in [-0.2, 0) is 11.2 Å². The van der Waals surface area contributed by atoms with Crippen LogP contribution in [0.2, 0.25) is 0 Å². The SMILES string of the molecule is O=C1Nc2ccc3n[nH]nc3c2C1C=Nc1ccc(CCO)cc1. The summed E-state index contributed by atoms with van der Waals surface area (Å²) in [4.78, 5) is 16.7. The van der Waals surface area contributed by atoms with Crippen LogP contribution in [0, 0.1) is 0 Å². The molecule has 2 heterocycles. The predicted octanol–water partition coefficient (Wildman–Crippen LogP) is 1.93. The Morgan fingerprint density at radius 3 is 2.79 bits per heavy atom. The van der Waals surface area contributed by atoms with Gasteiger partial charge in [-0.15, -0.1) is 0 Å². The van der Waals surface area contributed by atoms with E-state index >= 15 is 0 Å². The Morgan fingerprint density at radius 2 is 2.00 bits per heavy atom. The number of aromatic amines is 1. The van der Waals surface area contributed by atoms with Crippen molar-refractivity contribution in [2.75, 3.05) is 11.9 Å². The number of carbonyl (C=O) groups is 1. The van der Waals surface area contributed by atoms with Crippen molar-refractivity contribution in [2.45, 2.75) is 12.3 Å². The number of hydrogen-bond acceptors (Lipinski definition) is 5. The number of aliphatic imine (C=N–C) groups is 1. The van der Waals surface area contributed by atoms with E-state index in [9.17, 15) is 4.79 Å². The number of hydrogen-bond donors (Lipinski definition) is 3. The van der Waals surface area contributed by atoms with Crippen molar-refractivity contribution in [3.63, 3.8) is 0 Å². The van der Waals surface area contributed by atoms with Crippen LogP contribution in [-0.4, -0.2) is 39.2 Å². The van der Waals surface area contributed by atoms with Gasteiger partial charge in [0.15, 0.2) is 0 Å². The molecule has 3 N–H and O–H groups in total. The number of aromatic nitrogens is 3. The second-order valence-electron chi connectivity index (χ2n) is 5.60. The van der Waals surface area contributed by atoms with E-state index in [1.54, 1.807) is 6.21 Å². The first-order valence-electron chi connectivity index (χ1n) is 7.64. The van der Waals surface area contributed by atoms with Gasteiger partial charge in [-0.3, -0.25) is 9.79 Å². The lowest BCUT2D eigenvalue weighted by atomic mass is 10.0. The standard InChI is InChI=1S/C17H15N5O2/c23-8-7-10-1-3-11(4-2-10)18-9-12-15-13(19-17(12)24)5-6-14-16(15)21-22-20-14/h1-6,9,12,23H,7-8H2,(H,19,24)(H,20,21,22). The summed E-state index contributed by atoms with van der Waals surface area (Å²) < 4.78 is 0. The third kappa shape index (κ3) is 2.44. The van der Waals surface area contributed by atoms with Gasteiger partial charge < -0.3 is 10.4 Å². The number of aliphatic hydroxyl groups excluding tert-OH is 1. The fourth-order valence-electron chi connectivity index (χ4n) is 2.88. The van der Waals surface area contributed by atoms with E-state index in [1.165, 1.54) is 0 Å². The molecule has 120 valence electrons. The number of anilines is 1. The summed E-state index contributed by atoms with van der Waals surface area (Å²) in [5.74, 6) is -0.618. The van der Waals surface area contributed by atoms with E-state index in [2.05, 4.69) is 25.7 Å². The third-order valence-corrected chi connectivity index (χ3v) is 4.09. The molecule has 0 spiro atoms. The molecule has 7 heteroatoms. The Labute approximate surface area is 137 Å². The van der Waals surface area contributed by atoms with Gasteiger partial charge in [-0.05, 0) is 36.2 Å². The van der Waals surface area contributed by atoms with Crippen LogP contribution >= 0.6 is 0 Å². The quantitative estimate of drug-likeness (QED) is 0.639. The molecular formula is C17H15N5O2. The molecule has 3 aromatic rings. The number of rotatable bonds is 4. The molecule has 1 atom stereocenters. The molecule has 24 heavy (non-hydrogen) atoms. The monoisotopic (exact) mass is 321 g/mol. The zero-order valence-corrected chi connectivity index (χ0v) is 12.7. The van der Waals surface area contributed by atoms with Crippen molar-refractivity contribution >= 4 is 34.5 Å². The first kappa shape index (κ1) is 14.5. The Balaban J connectivity index is 1.65. The molecule has 1 aliphatic rings. The second-order valence-corrected chi connectivity index (χ2v) is 5.60. The van der Waals surface area contributed by atoms with Crippen molar-refractivity contribution in [1.29, 1.82) is 0 Å². The average molecular weight is 321 g/mol. The normalized spacial score (nSPS) is 16.7. The van der Waals surface area contributed by atoms with Crippen molar-refractivity contribution in [3.05, 3.63) is 47.5 Å². The number of H-pyrrole nitrogens is 1. The molecule has 0 aliphatic carbocycles. The molecule has 0 bridgehead atoms. The molecule has 1 aromatic heterocycles. The molecule has 0 saturated heterocycles. The highest BCUT2D eigenvalue weighted by Gasteiger charge is 2.32. The smallest absolute Gasteiger partial charge is 0.237 e. The molecule has 2 aromatic carbocycles. The van der Waals surface area contributed by atoms with Gasteiger partial charge in [-0.25, -0.2) is 0 Å². The van der Waals surface area contributed by atoms with Gasteiger partial charge in [0, 0.05) is 24.1 Å². The molecule has 0 fully saturated rings. The van der Waals surface area contributed by atoms with Crippen LogP contribution in [0.25, 0.3) is 11.0 Å². The summed E-state index contributed by atoms with van der Waals surface area (Å²) in [6.45, 7) is 0.120. The van der Waals surface area contributed by atoms with Crippen LogP contribution in [0.15, 0.2) is 41.4 Å². The maximum Gasteiger partial charge on any atom is 0.237 e. The van der Waals surface area contributed by atoms with Crippen molar-refractivity contribution in [1.82, 2.24) is 15.4 Å². The zero-order chi connectivity index (χ0) is 16.5. The highest BCUT2D eigenvalue weighted by atomic mass is 16.3. The molecule has 1 unspecified atom stereocenters. The van der Waals surface area contributed by atoms with Gasteiger partial charge in [0.2, 0.25) is 5.91 Å². The first-order valence-corrected chi connectivity index (χ1v) is 7.64. The van der Waals surface area contributed by atoms with E-state index in [0.29, 0.717) is 11.9 Å². The predicted molar refractivity (Wildman–Crippen MR) is 90.6 cm³/mol. The van der Waals surface area contributed by atoms with Crippen molar-refractivity contribution in [2.24, 2.45) is 4.99 Å². The summed E-state index contributed by atoms with van der Waals surface area (Å²) >= 11 is 0. The minimum atomic E-state index is -0.495. The van der Waals surface area contributed by atoms with Gasteiger partial charge in [0.05, 0.1) is 5.69 Å². The summed E-state index contributed by atoms with van der Waals surface area (Å²) in [6.07, 6.45) is 2.25. The van der Waals surface area contributed by atoms with Crippen LogP contribution in [0.3, 0.4) is 0 Å². The van der Waals surface area contributed by atoms with Crippen LogP contribution in [0.5, 0.6) is 0 Å². The minimum absolute atomic E-state index is 0.120. The fraction of sp³-hybridized carbons (Fsp3) is 0.176. The molecule has 4 rings (SSSR count). The van der Waals surface area contributed by atoms with E-state index in [1.807, 2.05) is 36.4 Å². The van der Waals surface area contributed by atoms with Crippen LogP contribution < -0.4 is 5.32 Å². The lowest BCUT2D eigenvalue weighted by molar-refractivity contribution is -0.115. The summed E-state index contributed by atoms with van der Waals surface area (Å²) in [7, 11) is 0. The lowest BCUT2D eigenvalue weighted by Crippen LogP contribution is -2.13. The van der Waals surface area contributed by atoms with Gasteiger partial charge in [0.1, 0.15) is 17.0 Å². The summed E-state index contributed by atoms with van der Waals surface area (Å²) in [5, 5.41) is 22.6. The molecule has 0 radical (unpaired) electrons. The van der Waals surface area contributed by atoms with E-state index in [0.717, 1.165) is 28.0 Å². The van der Waals surface area contributed by atoms with Gasteiger partial charge in [-0.2, -0.15) is 15.4 Å². The van der Waals surface area contributed by atoms with E-state index in [-0.39, 0.29) is 12.5 Å². The van der Waals surface area contributed by atoms with Crippen molar-refractivity contribution < 1.29 is 9.90 Å². The minimum Gasteiger partial charge on any atom is -0.396 e. The largest absolute Gasteiger partial charge is 0.396 e. The molecule has 1 aliphatic heterocycles. The molecule has 0 saturated carbocycles. The first-order chi connectivity index (χ1) is 11.8. The number of aliphatic hydroxyl groups is 1. The maximum atomic E-state index is 12.3. The molecule has 7 nitrogen and oxygen atoms in total. The van der Waals surface area contributed by atoms with Crippen LogP contribution in [0.4, 0.5) is 11.4 Å². The highest BCUT2D eigenvalue weighted by molar-refractivity contribution is 6.15. The Morgan fingerprint density at radius 1 is 1.17 bits per heavy atom. The zero-order valence-electron chi connectivity index (χ0n) is 12.7. The van der Waals surface area contributed by atoms with E-state index < -0.39 is 5.92 Å². The number of nitrogens with zero attached hydrogens (tertiary/aromatic N) is 3. The Kier molecular flexibility index (Phi) is 3.55. The summed E-state index contributed by atoms with van der Waals surface area (Å²) in [5.41, 5.74) is 4.75. The summed E-state index contributed by atoms with van der Waals surface area (Å²) in [6, 6.07) is 11.2. The van der Waals surface area contributed by atoms with Gasteiger partial charge in [-0.1, -0.05) is 12.1 Å². The van der Waals surface area contributed by atoms with Gasteiger partial charge >= 0.3 is 0 Å². The Hall–Kier alpha value is -3.06. The maximum absolute atomic E-state index is 12.3. The highest BCUT2D eigenvalue weighted by Crippen LogP contribution is 2.36. The number of amides is 1. The second kappa shape index (κ2) is 5.86. The number of fused-ring (bicyclic) bond motifs is 3. The van der Waals surface area contributed by atoms with E-state index in [4.69, 9.17) is 5.11 Å². The van der Waals surface area contributed by atoms with Crippen LogP contribution in [0.1, 0.15) is 17.0 Å². The topological polar surface area (TPSA) is 103 Å². The number of nitrogens with one attached hydrogen (secondary N) is 2. The molecule has 1 amide bonds. The average Bonchev–Trinajstić information content (AvgIpc) is 3.18.